The van der Waals surface area contributed by atoms with Crippen LogP contribution in [0.1, 0.15) is 11.1 Å². The van der Waals surface area contributed by atoms with Gasteiger partial charge in [0.2, 0.25) is 0 Å². The predicted octanol–water partition coefficient (Wildman–Crippen LogP) is 5.34. The third-order valence-corrected chi connectivity index (χ3v) is 7.85. The lowest BCUT2D eigenvalue weighted by Gasteiger charge is -2.35. The van der Waals surface area contributed by atoms with Crippen LogP contribution in [0.15, 0.2) is 96.6 Å². The molecule has 0 saturated heterocycles. The predicted molar refractivity (Wildman–Crippen MR) is 102 cm³/mol. The molecule has 118 valence electrons. The Hall–Kier alpha value is -2.37. The lowest BCUT2D eigenvalue weighted by molar-refractivity contribution is 0.586. The first kappa shape index (κ1) is 15.2. The molecular formula is C22H19OP. The van der Waals surface area contributed by atoms with Crippen LogP contribution in [-0.2, 0) is 11.0 Å². The minimum atomic E-state index is -2.49. The van der Waals surface area contributed by atoms with Gasteiger partial charge in [-0.05, 0) is 23.1 Å². The van der Waals surface area contributed by atoms with E-state index in [1.807, 2.05) is 54.6 Å². The summed E-state index contributed by atoms with van der Waals surface area (Å²) in [5, 5.41) is 2.04. The van der Waals surface area contributed by atoms with Gasteiger partial charge >= 0.3 is 0 Å². The molecule has 3 aromatic carbocycles. The Balaban J connectivity index is 1.80. The Kier molecular flexibility index (Phi) is 3.96. The highest BCUT2D eigenvalue weighted by atomic mass is 31.2. The van der Waals surface area contributed by atoms with E-state index in [0.29, 0.717) is 6.16 Å². The first-order chi connectivity index (χ1) is 11.8. The summed E-state index contributed by atoms with van der Waals surface area (Å²) in [4.78, 5) is 0. The zero-order valence-electron chi connectivity index (χ0n) is 13.4. The Morgan fingerprint density at radius 2 is 1.25 bits per heavy atom. The molecule has 3 aromatic rings. The number of benzene rings is 3. The van der Waals surface area contributed by atoms with Gasteiger partial charge < -0.3 is 4.57 Å². The van der Waals surface area contributed by atoms with Crippen LogP contribution in [0.25, 0.3) is 5.31 Å². The Morgan fingerprint density at radius 1 is 0.708 bits per heavy atom. The third kappa shape index (κ3) is 2.66. The summed E-state index contributed by atoms with van der Waals surface area (Å²) < 4.78 is 13.7. The quantitative estimate of drug-likeness (QED) is 0.590. The highest BCUT2D eigenvalue weighted by Crippen LogP contribution is 2.67. The normalized spacial score (nSPS) is 19.8. The molecule has 4 rings (SSSR count). The SMILES string of the molecule is O=P1(c2ccccc2)CC(Cc2ccccc2)=C1c1ccccc1. The number of allylic oxidation sites excluding steroid dienone is 1. The molecule has 0 N–H and O–H groups in total. The van der Waals surface area contributed by atoms with Crippen LogP contribution in [0.4, 0.5) is 0 Å². The number of rotatable bonds is 4. The highest BCUT2D eigenvalue weighted by Gasteiger charge is 2.41. The Bertz CT molecular complexity index is 912. The molecular weight excluding hydrogens is 311 g/mol. The lowest BCUT2D eigenvalue weighted by Crippen LogP contribution is -2.21. The molecule has 1 aliphatic heterocycles. The molecule has 0 amide bonds. The summed E-state index contributed by atoms with van der Waals surface area (Å²) in [5.41, 5.74) is 3.68. The van der Waals surface area contributed by atoms with Crippen molar-refractivity contribution in [2.75, 3.05) is 6.16 Å². The van der Waals surface area contributed by atoms with Crippen LogP contribution in [0.5, 0.6) is 0 Å². The van der Waals surface area contributed by atoms with Gasteiger partial charge in [-0.2, -0.15) is 0 Å². The van der Waals surface area contributed by atoms with Gasteiger partial charge in [-0.15, -0.1) is 0 Å². The lowest BCUT2D eigenvalue weighted by atomic mass is 10.0. The zero-order valence-corrected chi connectivity index (χ0v) is 14.3. The third-order valence-electron chi connectivity index (χ3n) is 4.59. The highest BCUT2D eigenvalue weighted by molar-refractivity contribution is 7.83. The van der Waals surface area contributed by atoms with Gasteiger partial charge in [0.1, 0.15) is 7.14 Å². The van der Waals surface area contributed by atoms with Crippen LogP contribution in [0.3, 0.4) is 0 Å². The van der Waals surface area contributed by atoms with Crippen molar-refractivity contribution in [1.82, 2.24) is 0 Å². The number of hydrogen-bond donors (Lipinski definition) is 0. The molecule has 0 fully saturated rings. The van der Waals surface area contributed by atoms with Crippen molar-refractivity contribution in [3.8, 4) is 0 Å². The fourth-order valence-corrected chi connectivity index (χ4v) is 6.49. The second kappa shape index (κ2) is 6.26. The molecule has 0 spiro atoms. The average molecular weight is 330 g/mol. The molecule has 24 heavy (non-hydrogen) atoms. The fourth-order valence-electron chi connectivity index (χ4n) is 3.47. The maximum Gasteiger partial charge on any atom is 0.147 e. The van der Waals surface area contributed by atoms with E-state index in [4.69, 9.17) is 0 Å². The summed E-state index contributed by atoms with van der Waals surface area (Å²) >= 11 is 0. The van der Waals surface area contributed by atoms with Crippen LogP contribution in [0.2, 0.25) is 0 Å². The molecule has 0 aliphatic carbocycles. The summed E-state index contributed by atoms with van der Waals surface area (Å²) in [7, 11) is -2.49. The fraction of sp³-hybridized carbons (Fsp3) is 0.0909. The summed E-state index contributed by atoms with van der Waals surface area (Å²) in [6, 6.07) is 30.6. The van der Waals surface area contributed by atoms with Crippen LogP contribution >= 0.6 is 7.14 Å². The van der Waals surface area contributed by atoms with Gasteiger partial charge in [0, 0.05) is 16.8 Å². The van der Waals surface area contributed by atoms with Crippen molar-refractivity contribution >= 4 is 17.8 Å². The average Bonchev–Trinajstić information content (AvgIpc) is 2.63. The molecule has 1 aliphatic rings. The van der Waals surface area contributed by atoms with E-state index in [0.717, 1.165) is 22.6 Å². The first-order valence-electron chi connectivity index (χ1n) is 8.24. The van der Waals surface area contributed by atoms with Gasteiger partial charge in [-0.3, -0.25) is 0 Å². The van der Waals surface area contributed by atoms with Crippen molar-refractivity contribution in [1.29, 1.82) is 0 Å². The minimum absolute atomic E-state index is 0.691. The second-order valence-corrected chi connectivity index (χ2v) is 8.97. The van der Waals surface area contributed by atoms with Crippen LogP contribution in [-0.4, -0.2) is 6.16 Å². The van der Waals surface area contributed by atoms with E-state index in [-0.39, 0.29) is 0 Å². The smallest absolute Gasteiger partial charge is 0.147 e. The molecule has 2 heteroatoms. The van der Waals surface area contributed by atoms with Crippen molar-refractivity contribution < 1.29 is 4.57 Å². The van der Waals surface area contributed by atoms with Gasteiger partial charge in [0.05, 0.1) is 0 Å². The van der Waals surface area contributed by atoms with Gasteiger partial charge in [-0.25, -0.2) is 0 Å². The van der Waals surface area contributed by atoms with Gasteiger partial charge in [0.15, 0.2) is 0 Å². The maximum atomic E-state index is 13.7. The van der Waals surface area contributed by atoms with E-state index in [9.17, 15) is 4.57 Å². The van der Waals surface area contributed by atoms with Crippen molar-refractivity contribution in [2.45, 2.75) is 6.42 Å². The van der Waals surface area contributed by atoms with Crippen LogP contribution < -0.4 is 5.30 Å². The largest absolute Gasteiger partial charge is 0.313 e. The Labute approximate surface area is 143 Å². The Morgan fingerprint density at radius 3 is 1.88 bits per heavy atom. The topological polar surface area (TPSA) is 17.1 Å². The molecule has 1 nitrogen and oxygen atoms in total. The van der Waals surface area contributed by atoms with E-state index in [1.54, 1.807) is 0 Å². The molecule has 1 unspecified atom stereocenters. The van der Waals surface area contributed by atoms with E-state index < -0.39 is 7.14 Å². The zero-order chi connectivity index (χ0) is 16.4. The van der Waals surface area contributed by atoms with Crippen molar-refractivity contribution in [2.24, 2.45) is 0 Å². The molecule has 1 heterocycles. The second-order valence-electron chi connectivity index (χ2n) is 6.21. The van der Waals surface area contributed by atoms with E-state index in [1.165, 1.54) is 11.1 Å². The van der Waals surface area contributed by atoms with Crippen LogP contribution in [0, 0.1) is 0 Å². The monoisotopic (exact) mass is 330 g/mol. The summed E-state index contributed by atoms with van der Waals surface area (Å²) in [5.74, 6) is 0. The molecule has 0 radical (unpaired) electrons. The summed E-state index contributed by atoms with van der Waals surface area (Å²) in [6.45, 7) is 0. The van der Waals surface area contributed by atoms with E-state index in [2.05, 4.69) is 36.4 Å². The van der Waals surface area contributed by atoms with Gasteiger partial charge in [0.25, 0.3) is 0 Å². The standard InChI is InChI=1S/C22H19OP/c23-24(21-14-8-3-9-15-21)17-20(16-18-10-4-1-5-11-18)22(24)19-12-6-2-7-13-19/h1-15H,16-17H2. The van der Waals surface area contributed by atoms with Gasteiger partial charge in [-0.1, -0.05) is 91.0 Å². The molecule has 0 saturated carbocycles. The summed E-state index contributed by atoms with van der Waals surface area (Å²) in [6.07, 6.45) is 1.57. The first-order valence-corrected chi connectivity index (χ1v) is 10.1. The molecule has 0 bridgehead atoms. The molecule has 0 aromatic heterocycles. The molecule has 1 atom stereocenters. The van der Waals surface area contributed by atoms with Crippen molar-refractivity contribution in [3.63, 3.8) is 0 Å². The number of hydrogen-bond acceptors (Lipinski definition) is 1. The maximum absolute atomic E-state index is 13.7. The van der Waals surface area contributed by atoms with E-state index >= 15 is 0 Å². The van der Waals surface area contributed by atoms with Crippen molar-refractivity contribution in [3.05, 3.63) is 108 Å². The minimum Gasteiger partial charge on any atom is -0.313 e.